The van der Waals surface area contributed by atoms with Crippen LogP contribution in [0.15, 0.2) is 30.3 Å². The number of hydrogen-bond donors (Lipinski definition) is 0. The standard InChI is InChI=1S/C13H11N3O5S.Na/c17-13-15-6-11-9(5-8-3-1-2-4-10(8)14-11)12(7-15)16(13)21-22(18,19)20;/h1-5,12H,6-7H2,(H,18,19,20);/q;+1/p-1. The van der Waals surface area contributed by atoms with Gasteiger partial charge in [0.05, 0.1) is 24.3 Å². The Labute approximate surface area is 154 Å². The smallest absolute Gasteiger partial charge is 0.724 e. The molecule has 0 spiro atoms. The van der Waals surface area contributed by atoms with E-state index in [1.165, 1.54) is 4.90 Å². The van der Waals surface area contributed by atoms with Crippen LogP contribution in [-0.2, 0) is 21.2 Å². The van der Waals surface area contributed by atoms with Crippen LogP contribution in [0.3, 0.4) is 0 Å². The second-order valence-corrected chi connectivity index (χ2v) is 6.17. The summed E-state index contributed by atoms with van der Waals surface area (Å²) < 4.78 is 36.8. The van der Waals surface area contributed by atoms with E-state index < -0.39 is 22.5 Å². The van der Waals surface area contributed by atoms with Crippen LogP contribution >= 0.6 is 0 Å². The molecule has 8 nitrogen and oxygen atoms in total. The number of carbonyl (C=O) groups excluding carboxylic acids is 1. The van der Waals surface area contributed by atoms with Gasteiger partial charge in [0, 0.05) is 10.9 Å². The molecule has 1 unspecified atom stereocenters. The van der Waals surface area contributed by atoms with Crippen molar-refractivity contribution in [2.75, 3.05) is 6.54 Å². The van der Waals surface area contributed by atoms with Gasteiger partial charge in [-0.25, -0.2) is 13.2 Å². The number of hydroxylamine groups is 2. The largest absolute Gasteiger partial charge is 1.00 e. The Morgan fingerprint density at radius 3 is 2.78 bits per heavy atom. The third-order valence-electron chi connectivity index (χ3n) is 3.84. The summed E-state index contributed by atoms with van der Waals surface area (Å²) in [6.07, 6.45) is 0. The van der Waals surface area contributed by atoms with E-state index >= 15 is 0 Å². The van der Waals surface area contributed by atoms with Gasteiger partial charge >= 0.3 is 35.6 Å². The first-order chi connectivity index (χ1) is 10.4. The van der Waals surface area contributed by atoms with Crippen LogP contribution in [0.25, 0.3) is 10.9 Å². The van der Waals surface area contributed by atoms with Crippen LogP contribution in [0, 0.1) is 0 Å². The number of para-hydroxylation sites is 1. The Kier molecular flexibility index (Phi) is 4.11. The second kappa shape index (κ2) is 5.69. The van der Waals surface area contributed by atoms with Crippen molar-refractivity contribution in [3.8, 4) is 0 Å². The first-order valence-corrected chi connectivity index (χ1v) is 7.88. The molecule has 1 aromatic carbocycles. The Balaban J connectivity index is 0.00000156. The molecule has 3 heterocycles. The molecule has 0 saturated carbocycles. The SMILES string of the molecule is O=C1N2Cc3nc4ccccc4cc3C(C2)N1OS(=O)(=O)[O-].[Na+]. The number of hydrogen-bond acceptors (Lipinski definition) is 6. The van der Waals surface area contributed by atoms with Crippen LogP contribution in [0.2, 0.25) is 0 Å². The first-order valence-electron chi connectivity index (χ1n) is 6.54. The number of rotatable bonds is 2. The van der Waals surface area contributed by atoms with E-state index in [0.29, 0.717) is 16.3 Å². The number of urea groups is 1. The Hall–Kier alpha value is -1.23. The van der Waals surface area contributed by atoms with Gasteiger partial charge in [0.15, 0.2) is 0 Å². The minimum atomic E-state index is -5.02. The van der Waals surface area contributed by atoms with Gasteiger partial charge in [0.1, 0.15) is 6.04 Å². The molecule has 2 bridgehead atoms. The number of nitrogens with zero attached hydrogens (tertiary/aromatic N) is 3. The van der Waals surface area contributed by atoms with Gasteiger partial charge in [-0.1, -0.05) is 18.2 Å². The van der Waals surface area contributed by atoms with Gasteiger partial charge < -0.3 is 9.45 Å². The molecule has 2 aliphatic heterocycles. The minimum absolute atomic E-state index is 0. The summed E-state index contributed by atoms with van der Waals surface area (Å²) in [6.45, 7) is 0.523. The molecule has 1 fully saturated rings. The number of aromatic nitrogens is 1. The summed E-state index contributed by atoms with van der Waals surface area (Å²) in [4.78, 5) is 18.0. The summed E-state index contributed by atoms with van der Waals surface area (Å²) in [5.74, 6) is 0. The normalized spacial score (nSPS) is 19.7. The molecule has 1 saturated heterocycles. The number of fused-ring (bicyclic) bond motifs is 5. The van der Waals surface area contributed by atoms with Crippen LogP contribution in [0.4, 0.5) is 4.79 Å². The van der Waals surface area contributed by atoms with E-state index in [0.717, 1.165) is 10.9 Å². The van der Waals surface area contributed by atoms with E-state index in [9.17, 15) is 17.8 Å². The molecule has 1 aromatic heterocycles. The van der Waals surface area contributed by atoms with Crippen molar-refractivity contribution >= 4 is 27.3 Å². The first kappa shape index (κ1) is 16.6. The van der Waals surface area contributed by atoms with Crippen molar-refractivity contribution in [2.24, 2.45) is 0 Å². The van der Waals surface area contributed by atoms with Crippen molar-refractivity contribution in [3.63, 3.8) is 0 Å². The van der Waals surface area contributed by atoms with Gasteiger partial charge in [-0.15, -0.1) is 0 Å². The van der Waals surface area contributed by atoms with Crippen molar-refractivity contribution in [2.45, 2.75) is 12.6 Å². The molecule has 4 rings (SSSR count). The predicted octanol–water partition coefficient (Wildman–Crippen LogP) is -2.08. The van der Waals surface area contributed by atoms with Gasteiger partial charge in [0.2, 0.25) is 10.4 Å². The monoisotopic (exact) mass is 343 g/mol. The molecule has 2 amide bonds. The number of carbonyl (C=O) groups is 1. The fraction of sp³-hybridized carbons (Fsp3) is 0.231. The Morgan fingerprint density at radius 1 is 1.30 bits per heavy atom. The Bertz CT molecular complexity index is 904. The summed E-state index contributed by atoms with van der Waals surface area (Å²) in [6, 6.07) is 8.02. The fourth-order valence-corrected chi connectivity index (χ4v) is 3.31. The molecular formula is C13H10N3NaO5S. The quantitative estimate of drug-likeness (QED) is 0.352. The van der Waals surface area contributed by atoms with Crippen molar-refractivity contribution in [3.05, 3.63) is 41.6 Å². The molecule has 0 radical (unpaired) electrons. The molecule has 2 aromatic rings. The number of pyridine rings is 1. The molecule has 0 aliphatic carbocycles. The zero-order valence-corrected chi connectivity index (χ0v) is 15.0. The van der Waals surface area contributed by atoms with Gasteiger partial charge in [-0.3, -0.25) is 4.98 Å². The van der Waals surface area contributed by atoms with Crippen LogP contribution in [-0.4, -0.2) is 40.5 Å². The summed E-state index contributed by atoms with van der Waals surface area (Å²) in [5.41, 5.74) is 2.17. The van der Waals surface area contributed by atoms with E-state index in [1.807, 2.05) is 30.3 Å². The molecule has 1 atom stereocenters. The third-order valence-corrected chi connectivity index (χ3v) is 4.19. The zero-order valence-electron chi connectivity index (χ0n) is 12.2. The summed E-state index contributed by atoms with van der Waals surface area (Å²) in [7, 11) is -5.02. The third kappa shape index (κ3) is 2.84. The van der Waals surface area contributed by atoms with E-state index in [1.54, 1.807) is 0 Å². The summed E-state index contributed by atoms with van der Waals surface area (Å²) in [5, 5.41) is 1.50. The van der Waals surface area contributed by atoms with Gasteiger partial charge in [-0.2, -0.15) is 9.35 Å². The van der Waals surface area contributed by atoms with E-state index in [-0.39, 0.29) is 42.6 Å². The maximum absolute atomic E-state index is 12.1. The molecule has 0 N–H and O–H groups in total. The summed E-state index contributed by atoms with van der Waals surface area (Å²) >= 11 is 0. The van der Waals surface area contributed by atoms with Crippen LogP contribution in [0.1, 0.15) is 17.3 Å². The van der Waals surface area contributed by atoms with Crippen molar-refractivity contribution < 1.29 is 51.6 Å². The zero-order chi connectivity index (χ0) is 15.5. The molecular weight excluding hydrogens is 333 g/mol. The van der Waals surface area contributed by atoms with Crippen LogP contribution < -0.4 is 29.6 Å². The maximum atomic E-state index is 12.1. The Morgan fingerprint density at radius 2 is 2.04 bits per heavy atom. The topological polar surface area (TPSA) is 103 Å². The number of benzene rings is 1. The van der Waals surface area contributed by atoms with Gasteiger partial charge in [0.25, 0.3) is 0 Å². The second-order valence-electron chi connectivity index (χ2n) is 5.20. The fourth-order valence-electron chi connectivity index (χ4n) is 2.94. The van der Waals surface area contributed by atoms with Gasteiger partial charge in [-0.05, 0) is 12.1 Å². The molecule has 114 valence electrons. The van der Waals surface area contributed by atoms with Crippen LogP contribution in [0.5, 0.6) is 0 Å². The number of amides is 2. The average molecular weight is 343 g/mol. The predicted molar refractivity (Wildman–Crippen MR) is 72.9 cm³/mol. The molecule has 2 aliphatic rings. The van der Waals surface area contributed by atoms with Crippen molar-refractivity contribution in [1.82, 2.24) is 14.9 Å². The minimum Gasteiger partial charge on any atom is -0.724 e. The molecule has 10 heteroatoms. The molecule has 23 heavy (non-hydrogen) atoms. The van der Waals surface area contributed by atoms with E-state index in [4.69, 9.17) is 0 Å². The van der Waals surface area contributed by atoms with E-state index in [2.05, 4.69) is 9.27 Å². The maximum Gasteiger partial charge on any atom is 1.00 e. The average Bonchev–Trinajstić information content (AvgIpc) is 2.70. The van der Waals surface area contributed by atoms with Crippen molar-refractivity contribution in [1.29, 1.82) is 0 Å².